The van der Waals surface area contributed by atoms with Gasteiger partial charge in [-0.25, -0.2) is 4.98 Å². The SMILES string of the molecule is CCc1cc(CNC)cc(N(C)C2CCCCCC2)n1. The van der Waals surface area contributed by atoms with Gasteiger partial charge in [-0.15, -0.1) is 0 Å². The van der Waals surface area contributed by atoms with Crippen LogP contribution in [-0.2, 0) is 13.0 Å². The van der Waals surface area contributed by atoms with Gasteiger partial charge in [-0.2, -0.15) is 0 Å². The zero-order valence-corrected chi connectivity index (χ0v) is 13.3. The molecule has 1 aliphatic rings. The molecule has 1 heterocycles. The number of hydrogen-bond donors (Lipinski definition) is 1. The smallest absolute Gasteiger partial charge is 0.129 e. The van der Waals surface area contributed by atoms with E-state index in [-0.39, 0.29) is 0 Å². The molecule has 0 bridgehead atoms. The van der Waals surface area contributed by atoms with Crippen LogP contribution in [0.5, 0.6) is 0 Å². The van der Waals surface area contributed by atoms with E-state index in [1.165, 1.54) is 49.8 Å². The van der Waals surface area contributed by atoms with Crippen LogP contribution in [0.1, 0.15) is 56.7 Å². The Morgan fingerprint density at radius 3 is 2.50 bits per heavy atom. The van der Waals surface area contributed by atoms with E-state index in [1.807, 2.05) is 7.05 Å². The third kappa shape index (κ3) is 3.95. The molecule has 0 aromatic carbocycles. The van der Waals surface area contributed by atoms with E-state index >= 15 is 0 Å². The fourth-order valence-corrected chi connectivity index (χ4v) is 3.13. The Balaban J connectivity index is 2.18. The van der Waals surface area contributed by atoms with Crippen molar-refractivity contribution >= 4 is 5.82 Å². The largest absolute Gasteiger partial charge is 0.357 e. The summed E-state index contributed by atoms with van der Waals surface area (Å²) in [6.07, 6.45) is 9.17. The Labute approximate surface area is 123 Å². The molecule has 1 aliphatic carbocycles. The molecule has 0 amide bonds. The molecule has 3 nitrogen and oxygen atoms in total. The summed E-state index contributed by atoms with van der Waals surface area (Å²) in [5.74, 6) is 1.15. The molecule has 3 heteroatoms. The molecule has 0 saturated heterocycles. The second-order valence-electron chi connectivity index (χ2n) is 5.97. The van der Waals surface area contributed by atoms with Crippen molar-refractivity contribution in [2.75, 3.05) is 19.0 Å². The van der Waals surface area contributed by atoms with Gasteiger partial charge in [-0.05, 0) is 44.0 Å². The van der Waals surface area contributed by atoms with Gasteiger partial charge in [0.15, 0.2) is 0 Å². The maximum atomic E-state index is 4.84. The van der Waals surface area contributed by atoms with Crippen molar-refractivity contribution in [1.29, 1.82) is 0 Å². The normalized spacial score (nSPS) is 16.9. The minimum absolute atomic E-state index is 0.666. The monoisotopic (exact) mass is 275 g/mol. The highest BCUT2D eigenvalue weighted by Crippen LogP contribution is 2.25. The fraction of sp³-hybridized carbons (Fsp3) is 0.706. The second kappa shape index (κ2) is 7.63. The van der Waals surface area contributed by atoms with E-state index in [0.29, 0.717) is 6.04 Å². The van der Waals surface area contributed by atoms with Crippen LogP contribution >= 0.6 is 0 Å². The number of aryl methyl sites for hydroxylation is 1. The molecule has 20 heavy (non-hydrogen) atoms. The lowest BCUT2D eigenvalue weighted by Crippen LogP contribution is -2.32. The van der Waals surface area contributed by atoms with E-state index in [4.69, 9.17) is 4.98 Å². The summed E-state index contributed by atoms with van der Waals surface area (Å²) in [6.45, 7) is 3.10. The number of aromatic nitrogens is 1. The van der Waals surface area contributed by atoms with Crippen LogP contribution in [-0.4, -0.2) is 25.1 Å². The van der Waals surface area contributed by atoms with Gasteiger partial charge in [0.05, 0.1) is 0 Å². The molecular formula is C17H29N3. The Kier molecular flexibility index (Phi) is 5.84. The van der Waals surface area contributed by atoms with Crippen molar-refractivity contribution in [3.05, 3.63) is 23.4 Å². The molecule has 1 aromatic heterocycles. The third-order valence-corrected chi connectivity index (χ3v) is 4.40. The predicted octanol–water partition coefficient (Wildman–Crippen LogP) is 3.52. The molecule has 1 fully saturated rings. The van der Waals surface area contributed by atoms with Crippen molar-refractivity contribution in [1.82, 2.24) is 10.3 Å². The van der Waals surface area contributed by atoms with Crippen LogP contribution in [0.3, 0.4) is 0 Å². The molecule has 0 spiro atoms. The molecule has 0 radical (unpaired) electrons. The first kappa shape index (κ1) is 15.3. The molecule has 0 atom stereocenters. The van der Waals surface area contributed by atoms with E-state index in [1.54, 1.807) is 0 Å². The van der Waals surface area contributed by atoms with Gasteiger partial charge in [0, 0.05) is 25.3 Å². The molecular weight excluding hydrogens is 246 g/mol. The molecule has 0 aliphatic heterocycles. The first-order valence-corrected chi connectivity index (χ1v) is 8.12. The summed E-state index contributed by atoms with van der Waals surface area (Å²) in [6, 6.07) is 5.14. The molecule has 1 saturated carbocycles. The van der Waals surface area contributed by atoms with E-state index in [2.05, 4.69) is 36.3 Å². The van der Waals surface area contributed by atoms with E-state index < -0.39 is 0 Å². The number of hydrogen-bond acceptors (Lipinski definition) is 3. The average molecular weight is 275 g/mol. The molecule has 0 unspecified atom stereocenters. The van der Waals surface area contributed by atoms with Crippen molar-refractivity contribution < 1.29 is 0 Å². The Bertz CT molecular complexity index is 409. The standard InChI is InChI=1S/C17H29N3/c1-4-15-11-14(13-18-2)12-17(19-15)20(3)16-9-7-5-6-8-10-16/h11-12,16,18H,4-10,13H2,1-3H3. The van der Waals surface area contributed by atoms with Crippen LogP contribution in [0.15, 0.2) is 12.1 Å². The fourth-order valence-electron chi connectivity index (χ4n) is 3.13. The minimum Gasteiger partial charge on any atom is -0.357 e. The summed E-state index contributed by atoms with van der Waals surface area (Å²) in [4.78, 5) is 7.26. The summed E-state index contributed by atoms with van der Waals surface area (Å²) in [5.41, 5.74) is 2.54. The third-order valence-electron chi connectivity index (χ3n) is 4.40. The van der Waals surface area contributed by atoms with Gasteiger partial charge in [0.2, 0.25) is 0 Å². The highest BCUT2D eigenvalue weighted by atomic mass is 15.2. The van der Waals surface area contributed by atoms with Crippen molar-refractivity contribution in [2.24, 2.45) is 0 Å². The van der Waals surface area contributed by atoms with Gasteiger partial charge in [0.1, 0.15) is 5.82 Å². The van der Waals surface area contributed by atoms with E-state index in [0.717, 1.165) is 18.8 Å². The lowest BCUT2D eigenvalue weighted by molar-refractivity contribution is 0.548. The van der Waals surface area contributed by atoms with Gasteiger partial charge in [-0.1, -0.05) is 32.6 Å². The number of pyridine rings is 1. The average Bonchev–Trinajstić information content (AvgIpc) is 2.75. The second-order valence-corrected chi connectivity index (χ2v) is 5.97. The zero-order chi connectivity index (χ0) is 14.4. The Morgan fingerprint density at radius 1 is 1.20 bits per heavy atom. The van der Waals surface area contributed by atoms with Gasteiger partial charge < -0.3 is 10.2 Å². The van der Waals surface area contributed by atoms with Crippen molar-refractivity contribution in [3.63, 3.8) is 0 Å². The summed E-state index contributed by atoms with van der Waals surface area (Å²) in [5, 5.41) is 3.24. The maximum Gasteiger partial charge on any atom is 0.129 e. The Hall–Kier alpha value is -1.09. The summed E-state index contributed by atoms with van der Waals surface area (Å²) >= 11 is 0. The van der Waals surface area contributed by atoms with Crippen LogP contribution in [0.2, 0.25) is 0 Å². The quantitative estimate of drug-likeness (QED) is 0.833. The van der Waals surface area contributed by atoms with Gasteiger partial charge in [-0.3, -0.25) is 0 Å². The lowest BCUT2D eigenvalue weighted by atomic mass is 10.1. The van der Waals surface area contributed by atoms with Gasteiger partial charge >= 0.3 is 0 Å². The zero-order valence-electron chi connectivity index (χ0n) is 13.3. The first-order chi connectivity index (χ1) is 9.74. The topological polar surface area (TPSA) is 28.2 Å². The van der Waals surface area contributed by atoms with Crippen molar-refractivity contribution in [3.8, 4) is 0 Å². The molecule has 1 aromatic rings. The van der Waals surface area contributed by atoms with Crippen LogP contribution in [0, 0.1) is 0 Å². The highest BCUT2D eigenvalue weighted by Gasteiger charge is 2.18. The summed E-state index contributed by atoms with van der Waals surface area (Å²) in [7, 11) is 4.22. The van der Waals surface area contributed by atoms with Gasteiger partial charge in [0.25, 0.3) is 0 Å². The highest BCUT2D eigenvalue weighted by molar-refractivity contribution is 5.43. The van der Waals surface area contributed by atoms with Crippen LogP contribution in [0.4, 0.5) is 5.82 Å². The molecule has 1 N–H and O–H groups in total. The number of rotatable bonds is 5. The van der Waals surface area contributed by atoms with E-state index in [9.17, 15) is 0 Å². The van der Waals surface area contributed by atoms with Crippen LogP contribution in [0.25, 0.3) is 0 Å². The molecule has 112 valence electrons. The summed E-state index contributed by atoms with van der Waals surface area (Å²) < 4.78 is 0. The number of nitrogens with one attached hydrogen (secondary N) is 1. The first-order valence-electron chi connectivity index (χ1n) is 8.12. The minimum atomic E-state index is 0.666. The number of anilines is 1. The number of nitrogens with zero attached hydrogens (tertiary/aromatic N) is 2. The molecule has 2 rings (SSSR count). The lowest BCUT2D eigenvalue weighted by Gasteiger charge is -2.29. The Morgan fingerprint density at radius 2 is 1.90 bits per heavy atom. The predicted molar refractivity (Wildman–Crippen MR) is 86.3 cm³/mol. The van der Waals surface area contributed by atoms with Crippen molar-refractivity contribution in [2.45, 2.75) is 64.5 Å². The maximum absolute atomic E-state index is 4.84. The van der Waals surface area contributed by atoms with Crippen LogP contribution < -0.4 is 10.2 Å².